The number of carbonyl (C=O) groups excluding carboxylic acids is 1. The topological polar surface area (TPSA) is 44.8 Å². The standard InChI is InChI=1S/C20H16O4/c1-12-3-4-13(2)16(7-12)18-10-15(20(21)24-18)8-14-5-6-17-19(9-14)23-11-22-17/h3-10H,11H2,1-2H3. The zero-order valence-corrected chi connectivity index (χ0v) is 13.5. The molecule has 2 aromatic rings. The maximum absolute atomic E-state index is 12.2. The molecule has 0 radical (unpaired) electrons. The second kappa shape index (κ2) is 5.57. The fraction of sp³-hybridized carbons (Fsp3) is 0.150. The number of esters is 1. The summed E-state index contributed by atoms with van der Waals surface area (Å²) in [4.78, 5) is 12.2. The van der Waals surface area contributed by atoms with Crippen LogP contribution in [0.15, 0.2) is 48.0 Å². The molecular weight excluding hydrogens is 304 g/mol. The minimum absolute atomic E-state index is 0.230. The SMILES string of the molecule is Cc1ccc(C)c(C2=CC(=Cc3ccc4c(c3)OCO4)C(=O)O2)c1. The van der Waals surface area contributed by atoms with Crippen LogP contribution in [0.2, 0.25) is 0 Å². The molecule has 24 heavy (non-hydrogen) atoms. The highest BCUT2D eigenvalue weighted by Gasteiger charge is 2.23. The second-order valence-electron chi connectivity index (χ2n) is 5.93. The third kappa shape index (κ3) is 2.56. The van der Waals surface area contributed by atoms with Gasteiger partial charge in [-0.2, -0.15) is 0 Å². The molecule has 0 amide bonds. The van der Waals surface area contributed by atoms with E-state index in [1.54, 1.807) is 12.2 Å². The van der Waals surface area contributed by atoms with Crippen molar-refractivity contribution in [1.82, 2.24) is 0 Å². The van der Waals surface area contributed by atoms with E-state index in [4.69, 9.17) is 14.2 Å². The Kier molecular flexibility index (Phi) is 3.38. The Balaban J connectivity index is 1.70. The average Bonchev–Trinajstić information content (AvgIpc) is 3.16. The number of cyclic esters (lactones) is 1. The van der Waals surface area contributed by atoms with Crippen LogP contribution in [0.5, 0.6) is 11.5 Å². The maximum atomic E-state index is 12.2. The summed E-state index contributed by atoms with van der Waals surface area (Å²) in [5, 5.41) is 0. The summed E-state index contributed by atoms with van der Waals surface area (Å²) in [5.41, 5.74) is 4.52. The van der Waals surface area contributed by atoms with E-state index in [1.165, 1.54) is 0 Å². The van der Waals surface area contributed by atoms with Crippen molar-refractivity contribution in [2.45, 2.75) is 13.8 Å². The molecule has 0 N–H and O–H groups in total. The quantitative estimate of drug-likeness (QED) is 0.619. The number of ether oxygens (including phenoxy) is 3. The number of fused-ring (bicyclic) bond motifs is 1. The van der Waals surface area contributed by atoms with Gasteiger partial charge >= 0.3 is 5.97 Å². The van der Waals surface area contributed by atoms with E-state index >= 15 is 0 Å². The number of hydrogen-bond acceptors (Lipinski definition) is 4. The fourth-order valence-electron chi connectivity index (χ4n) is 2.81. The van der Waals surface area contributed by atoms with Gasteiger partial charge in [-0.25, -0.2) is 4.79 Å². The highest BCUT2D eigenvalue weighted by Crippen LogP contribution is 2.34. The molecule has 0 aliphatic carbocycles. The maximum Gasteiger partial charge on any atom is 0.343 e. The first-order valence-corrected chi connectivity index (χ1v) is 7.73. The van der Waals surface area contributed by atoms with Gasteiger partial charge in [-0.1, -0.05) is 23.8 Å². The van der Waals surface area contributed by atoms with Gasteiger partial charge in [0, 0.05) is 5.56 Å². The molecule has 0 saturated carbocycles. The minimum Gasteiger partial charge on any atom is -0.454 e. The molecule has 0 bridgehead atoms. The van der Waals surface area contributed by atoms with Gasteiger partial charge in [0.2, 0.25) is 6.79 Å². The lowest BCUT2D eigenvalue weighted by Crippen LogP contribution is -1.98. The van der Waals surface area contributed by atoms with E-state index in [1.807, 2.05) is 50.2 Å². The molecule has 2 aliphatic rings. The summed E-state index contributed by atoms with van der Waals surface area (Å²) < 4.78 is 16.1. The van der Waals surface area contributed by atoms with Gasteiger partial charge in [-0.3, -0.25) is 0 Å². The van der Waals surface area contributed by atoms with E-state index in [-0.39, 0.29) is 12.8 Å². The molecule has 2 aromatic carbocycles. The zero-order valence-electron chi connectivity index (χ0n) is 13.5. The molecule has 2 aliphatic heterocycles. The van der Waals surface area contributed by atoms with Crippen molar-refractivity contribution in [3.05, 3.63) is 70.3 Å². The van der Waals surface area contributed by atoms with E-state index in [2.05, 4.69) is 0 Å². The minimum atomic E-state index is -0.344. The largest absolute Gasteiger partial charge is 0.454 e. The lowest BCUT2D eigenvalue weighted by atomic mass is 10.0. The van der Waals surface area contributed by atoms with Gasteiger partial charge in [0.25, 0.3) is 0 Å². The number of aryl methyl sites for hydroxylation is 2. The Morgan fingerprint density at radius 2 is 1.83 bits per heavy atom. The van der Waals surface area contributed by atoms with Crippen LogP contribution in [0.4, 0.5) is 0 Å². The molecule has 120 valence electrons. The normalized spacial score (nSPS) is 17.2. The Labute approximate surface area is 140 Å². The van der Waals surface area contributed by atoms with Crippen LogP contribution in [0.25, 0.3) is 11.8 Å². The van der Waals surface area contributed by atoms with Crippen LogP contribution in [0, 0.1) is 13.8 Å². The van der Waals surface area contributed by atoms with Gasteiger partial charge < -0.3 is 14.2 Å². The first-order chi connectivity index (χ1) is 11.6. The average molecular weight is 320 g/mol. The first-order valence-electron chi connectivity index (χ1n) is 7.73. The van der Waals surface area contributed by atoms with Gasteiger partial charge in [-0.05, 0) is 55.3 Å². The van der Waals surface area contributed by atoms with E-state index in [0.717, 1.165) is 28.0 Å². The Hall–Kier alpha value is -3.01. The van der Waals surface area contributed by atoms with Crippen LogP contribution in [-0.4, -0.2) is 12.8 Å². The fourth-order valence-corrected chi connectivity index (χ4v) is 2.81. The molecule has 4 rings (SSSR count). The molecule has 4 heteroatoms. The third-order valence-electron chi connectivity index (χ3n) is 4.10. The van der Waals surface area contributed by atoms with Crippen molar-refractivity contribution >= 4 is 17.8 Å². The highest BCUT2D eigenvalue weighted by molar-refractivity contribution is 6.05. The van der Waals surface area contributed by atoms with Crippen LogP contribution in [-0.2, 0) is 9.53 Å². The van der Waals surface area contributed by atoms with Crippen molar-refractivity contribution in [2.75, 3.05) is 6.79 Å². The third-order valence-corrected chi connectivity index (χ3v) is 4.10. The van der Waals surface area contributed by atoms with Crippen LogP contribution < -0.4 is 9.47 Å². The van der Waals surface area contributed by atoms with Crippen LogP contribution in [0.1, 0.15) is 22.3 Å². The number of carbonyl (C=O) groups is 1. The van der Waals surface area contributed by atoms with Crippen molar-refractivity contribution in [2.24, 2.45) is 0 Å². The van der Waals surface area contributed by atoms with Gasteiger partial charge in [-0.15, -0.1) is 0 Å². The van der Waals surface area contributed by atoms with Crippen molar-refractivity contribution < 1.29 is 19.0 Å². The number of hydrogen-bond donors (Lipinski definition) is 0. The predicted octanol–water partition coefficient (Wildman–Crippen LogP) is 4.01. The lowest BCUT2D eigenvalue weighted by molar-refractivity contribution is -0.130. The molecule has 0 fully saturated rings. The zero-order chi connectivity index (χ0) is 16.7. The molecule has 0 aromatic heterocycles. The monoisotopic (exact) mass is 320 g/mol. The molecule has 0 atom stereocenters. The van der Waals surface area contributed by atoms with Crippen LogP contribution >= 0.6 is 0 Å². The predicted molar refractivity (Wildman–Crippen MR) is 90.5 cm³/mol. The van der Waals surface area contributed by atoms with Gasteiger partial charge in [0.05, 0.1) is 5.57 Å². The highest BCUT2D eigenvalue weighted by atomic mass is 16.7. The molecule has 0 spiro atoms. The summed E-state index contributed by atoms with van der Waals surface area (Å²) in [6.45, 7) is 4.25. The molecule has 0 saturated heterocycles. The Morgan fingerprint density at radius 3 is 2.71 bits per heavy atom. The molecule has 4 nitrogen and oxygen atoms in total. The number of benzene rings is 2. The van der Waals surface area contributed by atoms with Gasteiger partial charge in [0.15, 0.2) is 11.5 Å². The molecule has 0 unspecified atom stereocenters. The Bertz CT molecular complexity index is 906. The molecular formula is C20H16O4. The van der Waals surface area contributed by atoms with E-state index < -0.39 is 0 Å². The second-order valence-corrected chi connectivity index (χ2v) is 5.93. The summed E-state index contributed by atoms with van der Waals surface area (Å²) in [6, 6.07) is 11.7. The lowest BCUT2D eigenvalue weighted by Gasteiger charge is -2.06. The van der Waals surface area contributed by atoms with Crippen molar-refractivity contribution in [3.8, 4) is 11.5 Å². The van der Waals surface area contributed by atoms with Crippen molar-refractivity contribution in [3.63, 3.8) is 0 Å². The summed E-state index contributed by atoms with van der Waals surface area (Å²) in [6.07, 6.45) is 3.58. The van der Waals surface area contributed by atoms with Crippen molar-refractivity contribution in [1.29, 1.82) is 0 Å². The summed E-state index contributed by atoms with van der Waals surface area (Å²) in [7, 11) is 0. The number of rotatable bonds is 2. The summed E-state index contributed by atoms with van der Waals surface area (Å²) in [5.74, 6) is 1.66. The smallest absolute Gasteiger partial charge is 0.343 e. The molecule has 2 heterocycles. The first kappa shape index (κ1) is 14.6. The van der Waals surface area contributed by atoms with E-state index in [0.29, 0.717) is 17.1 Å². The van der Waals surface area contributed by atoms with Gasteiger partial charge in [0.1, 0.15) is 5.76 Å². The Morgan fingerprint density at radius 1 is 1.00 bits per heavy atom. The summed E-state index contributed by atoms with van der Waals surface area (Å²) >= 11 is 0. The van der Waals surface area contributed by atoms with E-state index in [9.17, 15) is 4.79 Å². The van der Waals surface area contributed by atoms with Crippen LogP contribution in [0.3, 0.4) is 0 Å².